The Morgan fingerprint density at radius 2 is 1.62 bits per heavy atom. The van der Waals surface area contributed by atoms with Crippen molar-refractivity contribution < 1.29 is 4.74 Å². The van der Waals surface area contributed by atoms with Gasteiger partial charge >= 0.3 is 0 Å². The van der Waals surface area contributed by atoms with Crippen molar-refractivity contribution in [3.05, 3.63) is 65.7 Å². The van der Waals surface area contributed by atoms with Gasteiger partial charge in [-0.3, -0.25) is 9.89 Å². The van der Waals surface area contributed by atoms with Crippen molar-refractivity contribution in [1.82, 2.24) is 15.5 Å². The van der Waals surface area contributed by atoms with Gasteiger partial charge in [-0.25, -0.2) is 0 Å². The number of nitrogens with zero attached hydrogens (tertiary/aromatic N) is 3. The fourth-order valence-corrected chi connectivity index (χ4v) is 3.60. The molecule has 0 aromatic heterocycles. The number of piperazine rings is 1. The minimum absolute atomic E-state index is 0.659. The van der Waals surface area contributed by atoms with Crippen LogP contribution in [0.4, 0.5) is 5.69 Å². The first-order valence-electron chi connectivity index (χ1n) is 10.3. The summed E-state index contributed by atoms with van der Waals surface area (Å²) >= 11 is 0. The lowest BCUT2D eigenvalue weighted by molar-refractivity contribution is 0.203. The highest BCUT2D eigenvalue weighted by atomic mass is 16.5. The molecule has 0 bridgehead atoms. The molecule has 0 radical (unpaired) electrons. The largest absolute Gasteiger partial charge is 0.383 e. The van der Waals surface area contributed by atoms with Crippen molar-refractivity contribution in [2.24, 2.45) is 4.99 Å². The van der Waals surface area contributed by atoms with Gasteiger partial charge in [0.25, 0.3) is 0 Å². The Hall–Kier alpha value is -2.57. The number of benzene rings is 2. The average Bonchev–Trinajstić information content (AvgIpc) is 2.78. The van der Waals surface area contributed by atoms with Crippen molar-refractivity contribution >= 4 is 11.6 Å². The third-order valence-corrected chi connectivity index (χ3v) is 5.27. The fourth-order valence-electron chi connectivity index (χ4n) is 3.60. The number of para-hydroxylation sites is 1. The number of rotatable bonds is 8. The molecule has 156 valence electrons. The van der Waals surface area contributed by atoms with Crippen LogP contribution in [0.15, 0.2) is 59.6 Å². The zero-order valence-corrected chi connectivity index (χ0v) is 17.6. The molecule has 0 unspecified atom stereocenters. The summed E-state index contributed by atoms with van der Waals surface area (Å²) in [7, 11) is 3.49. The number of hydrogen-bond donors (Lipinski definition) is 2. The third-order valence-electron chi connectivity index (χ3n) is 5.27. The highest BCUT2D eigenvalue weighted by Crippen LogP contribution is 2.18. The highest BCUT2D eigenvalue weighted by molar-refractivity contribution is 5.79. The maximum Gasteiger partial charge on any atom is 0.191 e. The van der Waals surface area contributed by atoms with Gasteiger partial charge in [-0.1, -0.05) is 42.5 Å². The van der Waals surface area contributed by atoms with Crippen LogP contribution in [-0.2, 0) is 17.8 Å². The summed E-state index contributed by atoms with van der Waals surface area (Å²) in [4.78, 5) is 9.30. The van der Waals surface area contributed by atoms with E-state index >= 15 is 0 Å². The first kappa shape index (κ1) is 21.1. The molecule has 1 aliphatic heterocycles. The van der Waals surface area contributed by atoms with Gasteiger partial charge in [-0.15, -0.1) is 0 Å². The van der Waals surface area contributed by atoms with Gasteiger partial charge in [0.1, 0.15) is 0 Å². The minimum atomic E-state index is 0.659. The lowest BCUT2D eigenvalue weighted by Crippen LogP contribution is -2.46. The quantitative estimate of drug-likeness (QED) is 0.408. The molecule has 29 heavy (non-hydrogen) atoms. The maximum atomic E-state index is 5.08. The van der Waals surface area contributed by atoms with E-state index in [-0.39, 0.29) is 0 Å². The Kier molecular flexibility index (Phi) is 8.34. The standard InChI is InChI=1S/C23H33N5O/c1-24-23(25-12-17-29-2)26-18-20-8-6-7-9-21(20)19-27-13-15-28(16-14-27)22-10-4-3-5-11-22/h3-11H,12-19H2,1-2H3,(H2,24,25,26). The molecule has 6 heteroatoms. The molecule has 0 amide bonds. The van der Waals surface area contributed by atoms with E-state index in [0.29, 0.717) is 6.61 Å². The van der Waals surface area contributed by atoms with E-state index in [9.17, 15) is 0 Å². The zero-order valence-electron chi connectivity index (χ0n) is 17.6. The number of ether oxygens (including phenoxy) is 1. The topological polar surface area (TPSA) is 52.1 Å². The molecule has 1 heterocycles. The van der Waals surface area contributed by atoms with Crippen molar-refractivity contribution in [2.45, 2.75) is 13.1 Å². The molecule has 3 rings (SSSR count). The number of guanidine groups is 1. The minimum Gasteiger partial charge on any atom is -0.383 e. The van der Waals surface area contributed by atoms with Crippen LogP contribution in [0.1, 0.15) is 11.1 Å². The monoisotopic (exact) mass is 395 g/mol. The first-order valence-corrected chi connectivity index (χ1v) is 10.3. The van der Waals surface area contributed by atoms with E-state index in [0.717, 1.165) is 51.8 Å². The van der Waals surface area contributed by atoms with E-state index in [1.165, 1.54) is 16.8 Å². The summed E-state index contributed by atoms with van der Waals surface area (Å²) in [6.07, 6.45) is 0. The summed E-state index contributed by atoms with van der Waals surface area (Å²) in [5, 5.41) is 6.67. The summed E-state index contributed by atoms with van der Waals surface area (Å²) in [6, 6.07) is 19.4. The van der Waals surface area contributed by atoms with Gasteiger partial charge in [-0.2, -0.15) is 0 Å². The normalized spacial score (nSPS) is 15.4. The summed E-state index contributed by atoms with van der Waals surface area (Å²) < 4.78 is 5.08. The predicted molar refractivity (Wildman–Crippen MR) is 120 cm³/mol. The van der Waals surface area contributed by atoms with E-state index in [4.69, 9.17) is 4.74 Å². The van der Waals surface area contributed by atoms with Crippen molar-refractivity contribution in [3.63, 3.8) is 0 Å². The van der Waals surface area contributed by atoms with Gasteiger partial charge in [0.05, 0.1) is 6.61 Å². The number of aliphatic imine (C=N–C) groups is 1. The highest BCUT2D eigenvalue weighted by Gasteiger charge is 2.18. The van der Waals surface area contributed by atoms with Crippen LogP contribution in [0.3, 0.4) is 0 Å². The van der Waals surface area contributed by atoms with Crippen LogP contribution in [0.2, 0.25) is 0 Å². The number of anilines is 1. The van der Waals surface area contributed by atoms with Gasteiger partial charge in [0.2, 0.25) is 0 Å². The van der Waals surface area contributed by atoms with Gasteiger partial charge < -0.3 is 20.3 Å². The molecule has 0 saturated carbocycles. The molecule has 0 spiro atoms. The number of nitrogens with one attached hydrogen (secondary N) is 2. The molecular formula is C23H33N5O. The average molecular weight is 396 g/mol. The van der Waals surface area contributed by atoms with E-state index in [1.807, 2.05) is 0 Å². The molecule has 1 saturated heterocycles. The van der Waals surface area contributed by atoms with Crippen molar-refractivity contribution in [1.29, 1.82) is 0 Å². The zero-order chi connectivity index (χ0) is 20.3. The molecule has 0 aliphatic carbocycles. The van der Waals surface area contributed by atoms with Gasteiger partial charge in [0, 0.05) is 65.7 Å². The number of hydrogen-bond acceptors (Lipinski definition) is 4. The summed E-state index contributed by atoms with van der Waals surface area (Å²) in [6.45, 7) is 7.44. The smallest absolute Gasteiger partial charge is 0.191 e. The van der Waals surface area contributed by atoms with E-state index < -0.39 is 0 Å². The van der Waals surface area contributed by atoms with Crippen LogP contribution in [0, 0.1) is 0 Å². The summed E-state index contributed by atoms with van der Waals surface area (Å²) in [5.41, 5.74) is 4.01. The molecule has 1 aliphatic rings. The SMILES string of the molecule is CN=C(NCCOC)NCc1ccccc1CN1CCN(c2ccccc2)CC1. The Bertz CT molecular complexity index is 757. The van der Waals surface area contributed by atoms with Crippen LogP contribution in [-0.4, -0.2) is 64.3 Å². The van der Waals surface area contributed by atoms with Crippen LogP contribution in [0.25, 0.3) is 0 Å². The first-order chi connectivity index (χ1) is 14.3. The second kappa shape index (κ2) is 11.4. The molecule has 0 atom stereocenters. The van der Waals surface area contributed by atoms with Crippen LogP contribution < -0.4 is 15.5 Å². The van der Waals surface area contributed by atoms with Crippen molar-refractivity contribution in [3.8, 4) is 0 Å². The second-order valence-electron chi connectivity index (χ2n) is 7.21. The Balaban J connectivity index is 1.52. The Morgan fingerprint density at radius 1 is 0.931 bits per heavy atom. The van der Waals surface area contributed by atoms with E-state index in [2.05, 4.69) is 80.0 Å². The lowest BCUT2D eigenvalue weighted by Gasteiger charge is -2.36. The molecule has 6 nitrogen and oxygen atoms in total. The Labute approximate surface area is 174 Å². The molecule has 2 aromatic carbocycles. The van der Waals surface area contributed by atoms with E-state index in [1.54, 1.807) is 14.2 Å². The van der Waals surface area contributed by atoms with Crippen molar-refractivity contribution in [2.75, 3.05) is 58.4 Å². The van der Waals surface area contributed by atoms with Crippen LogP contribution >= 0.6 is 0 Å². The summed E-state index contributed by atoms with van der Waals surface area (Å²) in [5.74, 6) is 0.799. The van der Waals surface area contributed by atoms with Gasteiger partial charge in [-0.05, 0) is 23.3 Å². The van der Waals surface area contributed by atoms with Crippen LogP contribution in [0.5, 0.6) is 0 Å². The number of methoxy groups -OCH3 is 1. The molecule has 2 aromatic rings. The fraction of sp³-hybridized carbons (Fsp3) is 0.435. The second-order valence-corrected chi connectivity index (χ2v) is 7.21. The molecule has 1 fully saturated rings. The lowest BCUT2D eigenvalue weighted by atomic mass is 10.1. The third kappa shape index (κ3) is 6.48. The Morgan fingerprint density at radius 3 is 2.31 bits per heavy atom. The molecular weight excluding hydrogens is 362 g/mol. The predicted octanol–water partition coefficient (Wildman–Crippen LogP) is 2.32. The molecule has 2 N–H and O–H groups in total. The van der Waals surface area contributed by atoms with Gasteiger partial charge in [0.15, 0.2) is 5.96 Å². The maximum absolute atomic E-state index is 5.08.